The fourth-order valence-corrected chi connectivity index (χ4v) is 0.233. The average molecular weight is 125 g/mol. The summed E-state index contributed by atoms with van der Waals surface area (Å²) < 4.78 is 0. The van der Waals surface area contributed by atoms with Crippen LogP contribution < -0.4 is 11.5 Å². The van der Waals surface area contributed by atoms with Gasteiger partial charge in [0.15, 0.2) is 0 Å². The molecule has 0 aliphatic carbocycles. The minimum absolute atomic E-state index is 0.116. The molecule has 5 N–H and O–H groups in total. The van der Waals surface area contributed by atoms with Gasteiger partial charge in [-0.1, -0.05) is 0 Å². The third-order valence-electron chi connectivity index (χ3n) is 0.609. The zero-order valence-electron chi connectivity index (χ0n) is 3.84. The maximum atomic E-state index is 8.55. The van der Waals surface area contributed by atoms with Gasteiger partial charge in [0.25, 0.3) is 0 Å². The van der Waals surface area contributed by atoms with Crippen LogP contribution in [0.15, 0.2) is 0 Å². The van der Waals surface area contributed by atoms with Crippen LogP contribution in [0, 0.1) is 0 Å². The van der Waals surface area contributed by atoms with Gasteiger partial charge in [-0.3, -0.25) is 0 Å². The van der Waals surface area contributed by atoms with Crippen LogP contribution in [-0.4, -0.2) is 23.3 Å². The second-order valence-corrected chi connectivity index (χ2v) is 1.75. The molecule has 0 aromatic rings. The normalized spacial score (nSPS) is 18.9. The molecule has 0 bridgehead atoms. The summed E-state index contributed by atoms with van der Waals surface area (Å²) in [6.45, 7) is 0.116. The van der Waals surface area contributed by atoms with Crippen LogP contribution in [0.4, 0.5) is 0 Å². The molecule has 0 aliphatic rings. The lowest BCUT2D eigenvalue weighted by molar-refractivity contribution is 0.179. The van der Waals surface area contributed by atoms with E-state index in [0.29, 0.717) is 0 Å². The number of hydrogen-bond acceptors (Lipinski definition) is 3. The zero-order valence-corrected chi connectivity index (χ0v) is 4.60. The lowest BCUT2D eigenvalue weighted by atomic mass is 10.4. The summed E-state index contributed by atoms with van der Waals surface area (Å²) in [7, 11) is 0. The molecule has 44 valence electrons. The summed E-state index contributed by atoms with van der Waals surface area (Å²) in [4.78, 5) is 0. The Morgan fingerprint density at radius 2 is 2.14 bits per heavy atom. The number of alkyl halides is 1. The van der Waals surface area contributed by atoms with Crippen molar-refractivity contribution < 1.29 is 5.11 Å². The van der Waals surface area contributed by atoms with Gasteiger partial charge >= 0.3 is 0 Å². The van der Waals surface area contributed by atoms with E-state index in [9.17, 15) is 0 Å². The molecule has 0 radical (unpaired) electrons. The van der Waals surface area contributed by atoms with E-state index in [-0.39, 0.29) is 6.54 Å². The molecule has 7 heavy (non-hydrogen) atoms. The Morgan fingerprint density at radius 3 is 2.14 bits per heavy atom. The quantitative estimate of drug-likeness (QED) is 0.321. The predicted octanol–water partition coefficient (Wildman–Crippen LogP) is -1.17. The van der Waals surface area contributed by atoms with Gasteiger partial charge in [0, 0.05) is 6.54 Å². The van der Waals surface area contributed by atoms with Crippen molar-refractivity contribution in [1.82, 2.24) is 0 Å². The van der Waals surface area contributed by atoms with E-state index in [2.05, 4.69) is 0 Å². The van der Waals surface area contributed by atoms with Gasteiger partial charge < -0.3 is 16.6 Å². The fourth-order valence-electron chi connectivity index (χ4n) is 0.130. The summed E-state index contributed by atoms with van der Waals surface area (Å²) in [5, 5.41) is 8.55. The molecule has 0 saturated carbocycles. The summed E-state index contributed by atoms with van der Waals surface area (Å²) in [5.74, 6) is 0. The molecule has 0 spiro atoms. The molecular weight excluding hydrogens is 115 g/mol. The van der Waals surface area contributed by atoms with Gasteiger partial charge in [0.2, 0.25) is 0 Å². The van der Waals surface area contributed by atoms with Crippen molar-refractivity contribution in [3.05, 3.63) is 0 Å². The molecule has 3 nitrogen and oxygen atoms in total. The molecule has 4 heteroatoms. The first kappa shape index (κ1) is 7.17. The van der Waals surface area contributed by atoms with E-state index >= 15 is 0 Å². The van der Waals surface area contributed by atoms with Crippen LogP contribution in [0.2, 0.25) is 0 Å². The summed E-state index contributed by atoms with van der Waals surface area (Å²) in [6.07, 6.45) is -0.776. The van der Waals surface area contributed by atoms with Crippen LogP contribution in [0.3, 0.4) is 0 Å². The second kappa shape index (κ2) is 3.21. The van der Waals surface area contributed by atoms with Crippen molar-refractivity contribution >= 4 is 11.6 Å². The van der Waals surface area contributed by atoms with Gasteiger partial charge in [-0.05, 0) is 0 Å². The summed E-state index contributed by atoms with van der Waals surface area (Å²) in [5.41, 5.74) is 9.21. The SMILES string of the molecule is NCC(O)C(N)Cl. The molecule has 0 aliphatic heterocycles. The molecule has 0 saturated heterocycles. The number of nitrogens with two attached hydrogens (primary N) is 2. The molecular formula is C3H9ClN2O. The van der Waals surface area contributed by atoms with E-state index in [1.54, 1.807) is 0 Å². The van der Waals surface area contributed by atoms with Crippen molar-refractivity contribution in [3.8, 4) is 0 Å². The lowest BCUT2D eigenvalue weighted by Crippen LogP contribution is -2.35. The van der Waals surface area contributed by atoms with Crippen LogP contribution >= 0.6 is 11.6 Å². The Kier molecular flexibility index (Phi) is 3.29. The molecule has 0 rings (SSSR count). The van der Waals surface area contributed by atoms with E-state index in [1.807, 2.05) is 0 Å². The van der Waals surface area contributed by atoms with Gasteiger partial charge in [0.05, 0.1) is 6.10 Å². The number of hydrogen-bond donors (Lipinski definition) is 3. The highest BCUT2D eigenvalue weighted by Gasteiger charge is 2.06. The van der Waals surface area contributed by atoms with Crippen LogP contribution in [0.25, 0.3) is 0 Å². The Balaban J connectivity index is 3.14. The largest absolute Gasteiger partial charge is 0.389 e. The Morgan fingerprint density at radius 1 is 1.71 bits per heavy atom. The molecule has 0 fully saturated rings. The molecule has 2 unspecified atom stereocenters. The number of aliphatic hydroxyl groups excluding tert-OH is 1. The third kappa shape index (κ3) is 2.82. The maximum absolute atomic E-state index is 8.55. The standard InChI is InChI=1S/C3H9ClN2O/c4-3(6)2(7)1-5/h2-3,7H,1,5-6H2. The smallest absolute Gasteiger partial charge is 0.108 e. The Bertz CT molecular complexity index is 50.2. The van der Waals surface area contributed by atoms with E-state index in [0.717, 1.165) is 0 Å². The van der Waals surface area contributed by atoms with Gasteiger partial charge in [-0.15, -0.1) is 11.6 Å². The van der Waals surface area contributed by atoms with Crippen molar-refractivity contribution in [2.45, 2.75) is 11.6 Å². The summed E-state index contributed by atoms with van der Waals surface area (Å²) >= 11 is 5.18. The van der Waals surface area contributed by atoms with Crippen molar-refractivity contribution in [2.24, 2.45) is 11.5 Å². The van der Waals surface area contributed by atoms with Crippen molar-refractivity contribution in [2.75, 3.05) is 6.54 Å². The van der Waals surface area contributed by atoms with Gasteiger partial charge in [-0.2, -0.15) is 0 Å². The summed E-state index contributed by atoms with van der Waals surface area (Å²) in [6, 6.07) is 0. The van der Waals surface area contributed by atoms with Crippen LogP contribution in [-0.2, 0) is 0 Å². The molecule has 0 aromatic carbocycles. The van der Waals surface area contributed by atoms with E-state index < -0.39 is 11.6 Å². The zero-order chi connectivity index (χ0) is 5.86. The highest BCUT2D eigenvalue weighted by atomic mass is 35.5. The Hall–Kier alpha value is 0.170. The third-order valence-corrected chi connectivity index (χ3v) is 0.900. The van der Waals surface area contributed by atoms with Gasteiger partial charge in [-0.25, -0.2) is 0 Å². The number of halogens is 1. The topological polar surface area (TPSA) is 72.3 Å². The molecule has 0 amide bonds. The predicted molar refractivity (Wildman–Crippen MR) is 28.9 cm³/mol. The minimum atomic E-state index is -0.776. The number of rotatable bonds is 2. The van der Waals surface area contributed by atoms with E-state index in [1.165, 1.54) is 0 Å². The monoisotopic (exact) mass is 124 g/mol. The Labute approximate surface area is 47.2 Å². The molecule has 0 heterocycles. The maximum Gasteiger partial charge on any atom is 0.108 e. The fraction of sp³-hybridized carbons (Fsp3) is 1.00. The first-order valence-corrected chi connectivity index (χ1v) is 2.40. The van der Waals surface area contributed by atoms with Crippen molar-refractivity contribution in [3.63, 3.8) is 0 Å². The minimum Gasteiger partial charge on any atom is -0.389 e. The van der Waals surface area contributed by atoms with Crippen LogP contribution in [0.1, 0.15) is 0 Å². The van der Waals surface area contributed by atoms with Crippen LogP contribution in [0.5, 0.6) is 0 Å². The molecule has 2 atom stereocenters. The van der Waals surface area contributed by atoms with Gasteiger partial charge in [0.1, 0.15) is 5.50 Å². The molecule has 0 aromatic heterocycles. The number of aliphatic hydroxyl groups is 1. The second-order valence-electron chi connectivity index (χ2n) is 1.25. The highest BCUT2D eigenvalue weighted by Crippen LogP contribution is 1.90. The first-order chi connectivity index (χ1) is 3.18. The van der Waals surface area contributed by atoms with E-state index in [4.69, 9.17) is 28.2 Å². The average Bonchev–Trinajstić information content (AvgIpc) is 1.65. The van der Waals surface area contributed by atoms with Crippen molar-refractivity contribution in [1.29, 1.82) is 0 Å². The highest BCUT2D eigenvalue weighted by molar-refractivity contribution is 6.20. The lowest BCUT2D eigenvalue weighted by Gasteiger charge is -2.07. The first-order valence-electron chi connectivity index (χ1n) is 1.96.